The van der Waals surface area contributed by atoms with Crippen LogP contribution in [0.3, 0.4) is 0 Å². The van der Waals surface area contributed by atoms with Crippen molar-refractivity contribution >= 4 is 21.8 Å². The number of halogens is 1. The number of aliphatic hydroxyl groups excluding tert-OH is 1. The van der Waals surface area contributed by atoms with E-state index in [0.29, 0.717) is 12.1 Å². The SMILES string of the molecule is Cc1cccc(C(=O)N2CCC(C(C)O)C2)c1Br. The van der Waals surface area contributed by atoms with Gasteiger partial charge in [0, 0.05) is 23.5 Å². The monoisotopic (exact) mass is 311 g/mol. The van der Waals surface area contributed by atoms with Crippen molar-refractivity contribution in [1.29, 1.82) is 0 Å². The van der Waals surface area contributed by atoms with Crippen LogP contribution in [0.1, 0.15) is 29.3 Å². The zero-order valence-corrected chi connectivity index (χ0v) is 12.3. The lowest BCUT2D eigenvalue weighted by atomic mass is 10.0. The fourth-order valence-electron chi connectivity index (χ4n) is 2.35. The van der Waals surface area contributed by atoms with E-state index in [1.54, 1.807) is 6.92 Å². The van der Waals surface area contributed by atoms with E-state index in [2.05, 4.69) is 15.9 Å². The molecule has 2 unspecified atom stereocenters. The van der Waals surface area contributed by atoms with Gasteiger partial charge < -0.3 is 10.0 Å². The number of hydrogen-bond donors (Lipinski definition) is 1. The molecule has 1 aliphatic heterocycles. The van der Waals surface area contributed by atoms with Gasteiger partial charge in [-0.25, -0.2) is 0 Å². The third-order valence-corrected chi connectivity index (χ3v) is 4.67. The molecule has 1 N–H and O–H groups in total. The Bertz CT molecular complexity index is 459. The van der Waals surface area contributed by atoms with Gasteiger partial charge in [-0.15, -0.1) is 0 Å². The van der Waals surface area contributed by atoms with Gasteiger partial charge in [-0.05, 0) is 47.8 Å². The fourth-order valence-corrected chi connectivity index (χ4v) is 2.78. The first-order valence-corrected chi connectivity index (χ1v) is 7.02. The van der Waals surface area contributed by atoms with E-state index in [-0.39, 0.29) is 17.9 Å². The fraction of sp³-hybridized carbons (Fsp3) is 0.500. The molecule has 3 nitrogen and oxygen atoms in total. The highest BCUT2D eigenvalue weighted by Gasteiger charge is 2.30. The Balaban J connectivity index is 2.16. The minimum absolute atomic E-state index is 0.0497. The van der Waals surface area contributed by atoms with Gasteiger partial charge in [0.1, 0.15) is 0 Å². The van der Waals surface area contributed by atoms with Crippen molar-refractivity contribution in [2.45, 2.75) is 26.4 Å². The maximum Gasteiger partial charge on any atom is 0.255 e. The summed E-state index contributed by atoms with van der Waals surface area (Å²) in [4.78, 5) is 14.2. The molecule has 0 bridgehead atoms. The topological polar surface area (TPSA) is 40.5 Å². The van der Waals surface area contributed by atoms with Gasteiger partial charge in [-0.3, -0.25) is 4.79 Å². The summed E-state index contributed by atoms with van der Waals surface area (Å²) < 4.78 is 0.871. The van der Waals surface area contributed by atoms with Crippen molar-refractivity contribution in [3.05, 3.63) is 33.8 Å². The number of amides is 1. The average molecular weight is 312 g/mol. The molecule has 1 heterocycles. The Morgan fingerprint density at radius 3 is 2.89 bits per heavy atom. The summed E-state index contributed by atoms with van der Waals surface area (Å²) >= 11 is 3.48. The molecule has 1 aromatic rings. The van der Waals surface area contributed by atoms with Gasteiger partial charge in [0.2, 0.25) is 0 Å². The maximum atomic E-state index is 12.4. The second-order valence-corrected chi connectivity index (χ2v) is 5.77. The number of hydrogen-bond acceptors (Lipinski definition) is 2. The lowest BCUT2D eigenvalue weighted by molar-refractivity contribution is 0.0761. The molecular formula is C14H18BrNO2. The first-order chi connectivity index (χ1) is 8.50. The number of likely N-dealkylation sites (tertiary alicyclic amines) is 1. The molecule has 1 saturated heterocycles. The van der Waals surface area contributed by atoms with Crippen LogP contribution in [-0.2, 0) is 0 Å². The Morgan fingerprint density at radius 2 is 2.28 bits per heavy atom. The van der Waals surface area contributed by atoms with Gasteiger partial charge in [0.15, 0.2) is 0 Å². The van der Waals surface area contributed by atoms with Crippen LogP contribution in [0.4, 0.5) is 0 Å². The standard InChI is InChI=1S/C14H18BrNO2/c1-9-4-3-5-12(13(9)15)14(18)16-7-6-11(8-16)10(2)17/h3-5,10-11,17H,6-8H2,1-2H3. The number of aryl methyl sites for hydroxylation is 1. The van der Waals surface area contributed by atoms with E-state index < -0.39 is 0 Å². The van der Waals surface area contributed by atoms with Crippen LogP contribution in [0, 0.1) is 12.8 Å². The molecule has 0 radical (unpaired) electrons. The molecule has 0 spiro atoms. The Labute approximate surface area is 116 Å². The summed E-state index contributed by atoms with van der Waals surface area (Å²) in [6.07, 6.45) is 0.538. The van der Waals surface area contributed by atoms with Crippen LogP contribution in [0.2, 0.25) is 0 Å². The quantitative estimate of drug-likeness (QED) is 0.912. The zero-order chi connectivity index (χ0) is 13.3. The van der Waals surface area contributed by atoms with Crippen molar-refractivity contribution in [1.82, 2.24) is 4.90 Å². The highest BCUT2D eigenvalue weighted by atomic mass is 79.9. The lowest BCUT2D eigenvalue weighted by Gasteiger charge is -2.19. The molecule has 0 aromatic heterocycles. The van der Waals surface area contributed by atoms with E-state index in [1.165, 1.54) is 0 Å². The largest absolute Gasteiger partial charge is 0.393 e. The second kappa shape index (κ2) is 5.41. The number of carbonyl (C=O) groups excluding carboxylic acids is 1. The van der Waals surface area contributed by atoms with Crippen LogP contribution in [-0.4, -0.2) is 35.1 Å². The summed E-state index contributed by atoms with van der Waals surface area (Å²) in [5.74, 6) is 0.256. The minimum Gasteiger partial charge on any atom is -0.393 e. The van der Waals surface area contributed by atoms with Crippen molar-refractivity contribution in [2.24, 2.45) is 5.92 Å². The highest BCUT2D eigenvalue weighted by Crippen LogP contribution is 2.26. The first kappa shape index (κ1) is 13.6. The first-order valence-electron chi connectivity index (χ1n) is 6.23. The summed E-state index contributed by atoms with van der Waals surface area (Å²) in [6.45, 7) is 5.15. The lowest BCUT2D eigenvalue weighted by Crippen LogP contribution is -2.30. The highest BCUT2D eigenvalue weighted by molar-refractivity contribution is 9.10. The number of rotatable bonds is 2. The van der Waals surface area contributed by atoms with Crippen LogP contribution in [0.5, 0.6) is 0 Å². The summed E-state index contributed by atoms with van der Waals surface area (Å²) in [7, 11) is 0. The third-order valence-electron chi connectivity index (χ3n) is 3.62. The van der Waals surface area contributed by atoms with Gasteiger partial charge >= 0.3 is 0 Å². The van der Waals surface area contributed by atoms with Crippen molar-refractivity contribution in [2.75, 3.05) is 13.1 Å². The van der Waals surface area contributed by atoms with Crippen LogP contribution in [0.15, 0.2) is 22.7 Å². The molecule has 1 aromatic carbocycles. The van der Waals surface area contributed by atoms with Gasteiger partial charge in [-0.1, -0.05) is 12.1 Å². The predicted octanol–water partition coefficient (Wildman–Crippen LogP) is 2.60. The van der Waals surface area contributed by atoms with Gasteiger partial charge in [0.25, 0.3) is 5.91 Å². The van der Waals surface area contributed by atoms with Crippen LogP contribution >= 0.6 is 15.9 Å². The molecule has 1 aliphatic rings. The van der Waals surface area contributed by atoms with E-state index in [4.69, 9.17) is 0 Å². The molecular weight excluding hydrogens is 294 g/mol. The minimum atomic E-state index is -0.344. The van der Waals surface area contributed by atoms with E-state index in [1.807, 2.05) is 30.0 Å². The van der Waals surface area contributed by atoms with Crippen LogP contribution in [0.25, 0.3) is 0 Å². The van der Waals surface area contributed by atoms with E-state index >= 15 is 0 Å². The summed E-state index contributed by atoms with van der Waals surface area (Å²) in [5, 5.41) is 9.57. The van der Waals surface area contributed by atoms with Crippen molar-refractivity contribution in [3.63, 3.8) is 0 Å². The normalized spacial score (nSPS) is 21.1. The molecule has 1 fully saturated rings. The Kier molecular flexibility index (Phi) is 4.07. The van der Waals surface area contributed by atoms with Gasteiger partial charge in [0.05, 0.1) is 11.7 Å². The Hall–Kier alpha value is -0.870. The van der Waals surface area contributed by atoms with E-state index in [9.17, 15) is 9.90 Å². The van der Waals surface area contributed by atoms with Crippen molar-refractivity contribution in [3.8, 4) is 0 Å². The maximum absolute atomic E-state index is 12.4. The summed E-state index contributed by atoms with van der Waals surface area (Å²) in [6, 6.07) is 5.72. The molecule has 2 rings (SSSR count). The smallest absolute Gasteiger partial charge is 0.255 e. The molecule has 1 amide bonds. The van der Waals surface area contributed by atoms with Crippen molar-refractivity contribution < 1.29 is 9.90 Å². The number of aliphatic hydroxyl groups is 1. The van der Waals surface area contributed by atoms with E-state index in [0.717, 1.165) is 23.0 Å². The molecule has 98 valence electrons. The van der Waals surface area contributed by atoms with Crippen LogP contribution < -0.4 is 0 Å². The zero-order valence-electron chi connectivity index (χ0n) is 10.7. The summed E-state index contributed by atoms with van der Waals surface area (Å²) in [5.41, 5.74) is 1.77. The predicted molar refractivity (Wildman–Crippen MR) is 74.6 cm³/mol. The molecule has 4 heteroatoms. The molecule has 2 atom stereocenters. The number of nitrogens with zero attached hydrogens (tertiary/aromatic N) is 1. The molecule has 18 heavy (non-hydrogen) atoms. The molecule has 0 saturated carbocycles. The number of carbonyl (C=O) groups is 1. The van der Waals surface area contributed by atoms with Gasteiger partial charge in [-0.2, -0.15) is 0 Å². The molecule has 0 aliphatic carbocycles. The second-order valence-electron chi connectivity index (χ2n) is 4.98. The Morgan fingerprint density at radius 1 is 1.56 bits per heavy atom. The number of benzene rings is 1. The average Bonchev–Trinajstić information content (AvgIpc) is 2.81. The third kappa shape index (κ3) is 2.59.